The summed E-state index contributed by atoms with van der Waals surface area (Å²) >= 11 is 1.76. The molecule has 1 saturated heterocycles. The second-order valence-corrected chi connectivity index (χ2v) is 7.98. The fraction of sp³-hybridized carbons (Fsp3) is 0.364. The van der Waals surface area contributed by atoms with Crippen LogP contribution in [0.4, 0.5) is 5.13 Å². The Hall–Kier alpha value is -2.40. The Morgan fingerprint density at radius 1 is 1.04 bits per heavy atom. The number of nitrogens with zero attached hydrogens (tertiary/aromatic N) is 3. The number of anilines is 1. The summed E-state index contributed by atoms with van der Waals surface area (Å²) in [4.78, 5) is 21.8. The Labute approximate surface area is 164 Å². The van der Waals surface area contributed by atoms with E-state index in [0.717, 1.165) is 49.7 Å². The average molecular weight is 380 g/mol. The van der Waals surface area contributed by atoms with Crippen molar-refractivity contribution in [3.8, 4) is 0 Å². The number of rotatable bonds is 5. The monoisotopic (exact) mass is 379 g/mol. The van der Waals surface area contributed by atoms with Gasteiger partial charge in [0, 0.05) is 32.6 Å². The Bertz CT molecular complexity index is 914. The van der Waals surface area contributed by atoms with Gasteiger partial charge in [0.1, 0.15) is 0 Å². The maximum atomic E-state index is 12.5. The summed E-state index contributed by atoms with van der Waals surface area (Å²) in [7, 11) is 0. The normalized spacial score (nSPS) is 14.7. The smallest absolute Gasteiger partial charge is 0.223 e. The van der Waals surface area contributed by atoms with E-state index >= 15 is 0 Å². The molecule has 1 amide bonds. The molecule has 140 valence electrons. The van der Waals surface area contributed by atoms with Gasteiger partial charge < -0.3 is 9.80 Å². The second-order valence-electron chi connectivity index (χ2n) is 6.97. The summed E-state index contributed by atoms with van der Waals surface area (Å²) in [6.07, 6.45) is 2.41. The van der Waals surface area contributed by atoms with E-state index in [2.05, 4.69) is 42.2 Å². The van der Waals surface area contributed by atoms with Gasteiger partial charge in [0.15, 0.2) is 5.13 Å². The van der Waals surface area contributed by atoms with Crippen molar-refractivity contribution < 1.29 is 4.79 Å². The number of hydrogen-bond acceptors (Lipinski definition) is 4. The van der Waals surface area contributed by atoms with E-state index in [-0.39, 0.29) is 5.91 Å². The van der Waals surface area contributed by atoms with Gasteiger partial charge in [0.05, 0.1) is 10.2 Å². The topological polar surface area (TPSA) is 36.4 Å². The minimum absolute atomic E-state index is 0.260. The molecule has 4 rings (SSSR count). The Morgan fingerprint density at radius 3 is 2.56 bits per heavy atom. The molecule has 4 nitrogen and oxygen atoms in total. The molecule has 2 aromatic carbocycles. The van der Waals surface area contributed by atoms with E-state index in [9.17, 15) is 4.79 Å². The number of thiazole rings is 1. The first-order valence-electron chi connectivity index (χ1n) is 9.69. The second kappa shape index (κ2) is 8.09. The highest BCUT2D eigenvalue weighted by molar-refractivity contribution is 7.22. The standard InChI is InChI=1S/C22H25N3OS/c1-2-18-9-6-10-19-21(18)23-22(27-19)25-15-13-24(14-16-25)20(26)12-11-17-7-4-3-5-8-17/h3-10H,2,11-16H2,1H3. The van der Waals surface area contributed by atoms with E-state index in [1.807, 2.05) is 23.1 Å². The first-order chi connectivity index (χ1) is 13.2. The summed E-state index contributed by atoms with van der Waals surface area (Å²) in [5.41, 5.74) is 3.68. The van der Waals surface area contributed by atoms with Crippen LogP contribution < -0.4 is 4.90 Å². The average Bonchev–Trinajstić information content (AvgIpc) is 3.17. The van der Waals surface area contributed by atoms with Crippen LogP contribution in [0, 0.1) is 0 Å². The zero-order valence-electron chi connectivity index (χ0n) is 15.7. The molecule has 1 aliphatic rings. The van der Waals surface area contributed by atoms with Crippen LogP contribution in [0.25, 0.3) is 10.2 Å². The maximum absolute atomic E-state index is 12.5. The molecule has 27 heavy (non-hydrogen) atoms. The van der Waals surface area contributed by atoms with Crippen LogP contribution >= 0.6 is 11.3 Å². The lowest BCUT2D eigenvalue weighted by molar-refractivity contribution is -0.131. The predicted molar refractivity (Wildman–Crippen MR) is 113 cm³/mol. The summed E-state index contributed by atoms with van der Waals surface area (Å²) in [6, 6.07) is 16.7. The van der Waals surface area contributed by atoms with E-state index in [1.165, 1.54) is 15.8 Å². The van der Waals surface area contributed by atoms with E-state index in [1.54, 1.807) is 11.3 Å². The molecule has 3 aromatic rings. The van der Waals surface area contributed by atoms with Crippen LogP contribution in [0.3, 0.4) is 0 Å². The van der Waals surface area contributed by atoms with Crippen molar-refractivity contribution >= 4 is 32.6 Å². The highest BCUT2D eigenvalue weighted by atomic mass is 32.1. The first-order valence-corrected chi connectivity index (χ1v) is 10.5. The summed E-state index contributed by atoms with van der Waals surface area (Å²) in [6.45, 7) is 5.46. The molecule has 0 aliphatic carbocycles. The quantitative estimate of drug-likeness (QED) is 0.668. The number of para-hydroxylation sites is 1. The van der Waals surface area contributed by atoms with Gasteiger partial charge in [-0.25, -0.2) is 4.98 Å². The summed E-state index contributed by atoms with van der Waals surface area (Å²) in [5, 5.41) is 1.09. The van der Waals surface area contributed by atoms with Gasteiger partial charge in [-0.3, -0.25) is 4.79 Å². The van der Waals surface area contributed by atoms with Crippen molar-refractivity contribution in [3.05, 3.63) is 59.7 Å². The van der Waals surface area contributed by atoms with Gasteiger partial charge in [0.2, 0.25) is 5.91 Å². The molecular weight excluding hydrogens is 354 g/mol. The number of piperazine rings is 1. The molecule has 0 N–H and O–H groups in total. The summed E-state index contributed by atoms with van der Waals surface area (Å²) in [5.74, 6) is 0.260. The number of carbonyl (C=O) groups excluding carboxylic acids is 1. The molecular formula is C22H25N3OS. The zero-order chi connectivity index (χ0) is 18.6. The lowest BCUT2D eigenvalue weighted by Crippen LogP contribution is -2.48. The Kier molecular flexibility index (Phi) is 5.39. The van der Waals surface area contributed by atoms with Crippen LogP contribution in [0.2, 0.25) is 0 Å². The molecule has 0 unspecified atom stereocenters. The zero-order valence-corrected chi connectivity index (χ0v) is 16.5. The van der Waals surface area contributed by atoms with Crippen molar-refractivity contribution in [2.75, 3.05) is 31.1 Å². The molecule has 0 spiro atoms. The van der Waals surface area contributed by atoms with E-state index < -0.39 is 0 Å². The van der Waals surface area contributed by atoms with Crippen molar-refractivity contribution in [1.29, 1.82) is 0 Å². The minimum atomic E-state index is 0.260. The van der Waals surface area contributed by atoms with Crippen molar-refractivity contribution in [2.24, 2.45) is 0 Å². The van der Waals surface area contributed by atoms with Crippen molar-refractivity contribution in [1.82, 2.24) is 9.88 Å². The third-order valence-corrected chi connectivity index (χ3v) is 6.33. The molecule has 0 saturated carbocycles. The predicted octanol–water partition coefficient (Wildman–Crippen LogP) is 4.14. The number of aryl methyl sites for hydroxylation is 2. The third-order valence-electron chi connectivity index (χ3n) is 5.25. The van der Waals surface area contributed by atoms with Crippen LogP contribution in [-0.2, 0) is 17.6 Å². The molecule has 0 bridgehead atoms. The van der Waals surface area contributed by atoms with Crippen molar-refractivity contribution in [2.45, 2.75) is 26.2 Å². The Morgan fingerprint density at radius 2 is 1.81 bits per heavy atom. The minimum Gasteiger partial charge on any atom is -0.345 e. The molecule has 0 atom stereocenters. The lowest BCUT2D eigenvalue weighted by atomic mass is 10.1. The van der Waals surface area contributed by atoms with Gasteiger partial charge >= 0.3 is 0 Å². The Balaban J connectivity index is 1.35. The first kappa shape index (κ1) is 18.0. The lowest BCUT2D eigenvalue weighted by Gasteiger charge is -2.34. The van der Waals surface area contributed by atoms with Crippen LogP contribution in [0.15, 0.2) is 48.5 Å². The van der Waals surface area contributed by atoms with Crippen LogP contribution in [0.1, 0.15) is 24.5 Å². The van der Waals surface area contributed by atoms with Gasteiger partial charge in [-0.1, -0.05) is 60.7 Å². The van der Waals surface area contributed by atoms with E-state index in [0.29, 0.717) is 6.42 Å². The highest BCUT2D eigenvalue weighted by Crippen LogP contribution is 2.31. The van der Waals surface area contributed by atoms with Crippen molar-refractivity contribution in [3.63, 3.8) is 0 Å². The largest absolute Gasteiger partial charge is 0.345 e. The number of benzene rings is 2. The fourth-order valence-corrected chi connectivity index (χ4v) is 4.68. The van der Waals surface area contributed by atoms with Crippen LogP contribution in [0.5, 0.6) is 0 Å². The number of carbonyl (C=O) groups is 1. The SMILES string of the molecule is CCc1cccc2sc(N3CCN(C(=O)CCc4ccccc4)CC3)nc12. The number of amides is 1. The molecule has 1 aromatic heterocycles. The highest BCUT2D eigenvalue weighted by Gasteiger charge is 2.23. The van der Waals surface area contributed by atoms with Gasteiger partial charge in [-0.15, -0.1) is 0 Å². The molecule has 5 heteroatoms. The van der Waals surface area contributed by atoms with Crippen LogP contribution in [-0.4, -0.2) is 42.0 Å². The molecule has 0 radical (unpaired) electrons. The molecule has 1 fully saturated rings. The summed E-state index contributed by atoms with van der Waals surface area (Å²) < 4.78 is 1.26. The number of aromatic nitrogens is 1. The van der Waals surface area contributed by atoms with Gasteiger partial charge in [0.25, 0.3) is 0 Å². The number of fused-ring (bicyclic) bond motifs is 1. The molecule has 2 heterocycles. The van der Waals surface area contributed by atoms with Gasteiger partial charge in [-0.2, -0.15) is 0 Å². The number of hydrogen-bond donors (Lipinski definition) is 0. The third kappa shape index (κ3) is 3.98. The maximum Gasteiger partial charge on any atom is 0.223 e. The van der Waals surface area contributed by atoms with E-state index in [4.69, 9.17) is 4.98 Å². The van der Waals surface area contributed by atoms with Gasteiger partial charge in [-0.05, 0) is 30.0 Å². The molecule has 1 aliphatic heterocycles. The fourth-order valence-electron chi connectivity index (χ4n) is 3.62.